The van der Waals surface area contributed by atoms with E-state index < -0.39 is 0 Å². The van der Waals surface area contributed by atoms with Gasteiger partial charge >= 0.3 is 0 Å². The zero-order chi connectivity index (χ0) is 20.8. The van der Waals surface area contributed by atoms with Crippen LogP contribution in [0, 0.1) is 5.82 Å². The SMILES string of the molecule is Fc1ccccc1-c1nccc2[nH]c(-c3n[nH]c4ccc(C5CCNCC5)cc34)nc12. The fourth-order valence-corrected chi connectivity index (χ4v) is 4.52. The standard InChI is InChI=1S/C24H21FN6/c25-18-4-2-1-3-16(18)21-23-20(9-12-27-21)28-24(29-23)22-17-13-15(5-6-19(17)30-31-22)14-7-10-26-11-8-14/h1-6,9,12-14,26H,7-8,10-11H2,(H,28,29)(H,30,31). The van der Waals surface area contributed by atoms with Gasteiger partial charge in [0.2, 0.25) is 0 Å². The van der Waals surface area contributed by atoms with Crippen LogP contribution in [0.5, 0.6) is 0 Å². The van der Waals surface area contributed by atoms with Gasteiger partial charge < -0.3 is 10.3 Å². The Hall–Kier alpha value is -3.58. The molecule has 1 saturated heterocycles. The molecule has 5 aromatic rings. The van der Waals surface area contributed by atoms with Crippen LogP contribution in [0.3, 0.4) is 0 Å². The van der Waals surface area contributed by atoms with Crippen molar-refractivity contribution in [3.05, 3.63) is 66.1 Å². The predicted octanol–water partition coefficient (Wildman–Crippen LogP) is 4.77. The monoisotopic (exact) mass is 412 g/mol. The molecule has 1 aliphatic rings. The van der Waals surface area contributed by atoms with Crippen LogP contribution < -0.4 is 5.32 Å². The summed E-state index contributed by atoms with van der Waals surface area (Å²) >= 11 is 0. The Bertz CT molecular complexity index is 1400. The van der Waals surface area contributed by atoms with E-state index in [0.29, 0.717) is 28.5 Å². The van der Waals surface area contributed by atoms with Crippen molar-refractivity contribution in [2.45, 2.75) is 18.8 Å². The maximum Gasteiger partial charge on any atom is 0.159 e. The van der Waals surface area contributed by atoms with Crippen molar-refractivity contribution < 1.29 is 4.39 Å². The summed E-state index contributed by atoms with van der Waals surface area (Å²) in [4.78, 5) is 12.6. The van der Waals surface area contributed by atoms with Crippen LogP contribution >= 0.6 is 0 Å². The van der Waals surface area contributed by atoms with Gasteiger partial charge in [-0.1, -0.05) is 18.2 Å². The van der Waals surface area contributed by atoms with Crippen molar-refractivity contribution in [2.75, 3.05) is 13.1 Å². The molecule has 0 unspecified atom stereocenters. The summed E-state index contributed by atoms with van der Waals surface area (Å²) in [5.41, 5.74) is 5.46. The highest BCUT2D eigenvalue weighted by molar-refractivity contribution is 5.96. The molecule has 0 radical (unpaired) electrons. The quantitative estimate of drug-likeness (QED) is 0.399. The Labute approximate surface area is 177 Å². The average molecular weight is 412 g/mol. The van der Waals surface area contributed by atoms with Gasteiger partial charge in [0, 0.05) is 17.1 Å². The number of pyridine rings is 1. The summed E-state index contributed by atoms with van der Waals surface area (Å²) in [5.74, 6) is 0.888. The van der Waals surface area contributed by atoms with E-state index >= 15 is 0 Å². The van der Waals surface area contributed by atoms with Crippen LogP contribution in [0.2, 0.25) is 0 Å². The highest BCUT2D eigenvalue weighted by Crippen LogP contribution is 2.33. The number of piperidine rings is 1. The number of fused-ring (bicyclic) bond motifs is 2. The second kappa shape index (κ2) is 7.28. The normalized spacial score (nSPS) is 15.1. The number of H-pyrrole nitrogens is 2. The first kappa shape index (κ1) is 18.2. The summed E-state index contributed by atoms with van der Waals surface area (Å²) in [7, 11) is 0. The third kappa shape index (κ3) is 3.09. The summed E-state index contributed by atoms with van der Waals surface area (Å²) in [6, 6.07) is 15.0. The van der Waals surface area contributed by atoms with Gasteiger partial charge in [0.05, 0.1) is 11.0 Å². The lowest BCUT2D eigenvalue weighted by molar-refractivity contribution is 0.460. The van der Waals surface area contributed by atoms with Crippen molar-refractivity contribution in [3.63, 3.8) is 0 Å². The molecular weight excluding hydrogens is 391 g/mol. The summed E-state index contributed by atoms with van der Waals surface area (Å²) in [6.45, 7) is 2.10. The molecule has 0 saturated carbocycles. The van der Waals surface area contributed by atoms with E-state index in [1.54, 1.807) is 24.4 Å². The van der Waals surface area contributed by atoms with E-state index in [2.05, 4.69) is 43.7 Å². The van der Waals surface area contributed by atoms with Gasteiger partial charge in [0.25, 0.3) is 0 Å². The largest absolute Gasteiger partial charge is 0.336 e. The molecule has 2 aromatic carbocycles. The lowest BCUT2D eigenvalue weighted by atomic mass is 9.89. The summed E-state index contributed by atoms with van der Waals surface area (Å²) in [5, 5.41) is 12.1. The van der Waals surface area contributed by atoms with Gasteiger partial charge in [0.1, 0.15) is 22.7 Å². The van der Waals surface area contributed by atoms with E-state index in [4.69, 9.17) is 4.98 Å². The van der Waals surface area contributed by atoms with Gasteiger partial charge in [-0.2, -0.15) is 5.10 Å². The van der Waals surface area contributed by atoms with Crippen molar-refractivity contribution in [1.29, 1.82) is 0 Å². The maximum absolute atomic E-state index is 14.4. The first-order valence-corrected chi connectivity index (χ1v) is 10.6. The third-order valence-electron chi connectivity index (χ3n) is 6.15. The van der Waals surface area contributed by atoms with Gasteiger partial charge in [-0.3, -0.25) is 10.1 Å². The first-order valence-electron chi connectivity index (χ1n) is 10.6. The molecule has 0 bridgehead atoms. The highest BCUT2D eigenvalue weighted by atomic mass is 19.1. The molecule has 1 fully saturated rings. The summed E-state index contributed by atoms with van der Waals surface area (Å²) in [6.07, 6.45) is 3.95. The second-order valence-corrected chi connectivity index (χ2v) is 8.02. The zero-order valence-electron chi connectivity index (χ0n) is 16.8. The fourth-order valence-electron chi connectivity index (χ4n) is 4.52. The number of aromatic amines is 2. The molecule has 154 valence electrons. The highest BCUT2D eigenvalue weighted by Gasteiger charge is 2.20. The van der Waals surface area contributed by atoms with Crippen molar-refractivity contribution in [2.24, 2.45) is 0 Å². The second-order valence-electron chi connectivity index (χ2n) is 8.02. The van der Waals surface area contributed by atoms with Crippen molar-refractivity contribution in [3.8, 4) is 22.8 Å². The van der Waals surface area contributed by atoms with Crippen LogP contribution in [0.15, 0.2) is 54.7 Å². The van der Waals surface area contributed by atoms with E-state index in [0.717, 1.165) is 48.0 Å². The summed E-state index contributed by atoms with van der Waals surface area (Å²) < 4.78 is 14.4. The van der Waals surface area contributed by atoms with E-state index in [-0.39, 0.29) is 5.82 Å². The number of aromatic nitrogens is 5. The maximum atomic E-state index is 14.4. The number of hydrogen-bond acceptors (Lipinski definition) is 4. The van der Waals surface area contributed by atoms with Crippen LogP contribution in [-0.4, -0.2) is 38.2 Å². The van der Waals surface area contributed by atoms with Crippen molar-refractivity contribution >= 4 is 21.9 Å². The molecule has 3 N–H and O–H groups in total. The van der Waals surface area contributed by atoms with E-state index in [1.807, 2.05) is 6.07 Å². The van der Waals surface area contributed by atoms with Crippen LogP contribution in [0.25, 0.3) is 44.7 Å². The molecule has 1 aliphatic heterocycles. The molecule has 0 spiro atoms. The number of imidazole rings is 1. The molecule has 31 heavy (non-hydrogen) atoms. The number of hydrogen-bond donors (Lipinski definition) is 3. The van der Waals surface area contributed by atoms with Crippen molar-refractivity contribution in [1.82, 2.24) is 30.5 Å². The molecule has 3 aromatic heterocycles. The number of nitrogens with zero attached hydrogens (tertiary/aromatic N) is 3. The molecule has 0 aliphatic carbocycles. The van der Waals surface area contributed by atoms with Crippen LogP contribution in [-0.2, 0) is 0 Å². The van der Waals surface area contributed by atoms with E-state index in [9.17, 15) is 4.39 Å². The van der Waals surface area contributed by atoms with Gasteiger partial charge in [0.15, 0.2) is 5.82 Å². The van der Waals surface area contributed by atoms with Crippen LogP contribution in [0.4, 0.5) is 4.39 Å². The zero-order valence-corrected chi connectivity index (χ0v) is 16.8. The minimum absolute atomic E-state index is 0.316. The Kier molecular flexibility index (Phi) is 4.28. The molecule has 4 heterocycles. The smallest absolute Gasteiger partial charge is 0.159 e. The van der Waals surface area contributed by atoms with E-state index in [1.165, 1.54) is 11.6 Å². The fraction of sp³-hybridized carbons (Fsp3) is 0.208. The number of halogens is 1. The molecule has 6 nitrogen and oxygen atoms in total. The van der Waals surface area contributed by atoms with Gasteiger partial charge in [-0.05, 0) is 67.7 Å². The Morgan fingerprint density at radius 2 is 1.81 bits per heavy atom. The number of nitrogens with one attached hydrogen (secondary N) is 3. The molecule has 0 amide bonds. The molecular formula is C24H21FN6. The number of benzene rings is 2. The lowest BCUT2D eigenvalue weighted by Gasteiger charge is -2.23. The molecule has 7 heteroatoms. The third-order valence-corrected chi connectivity index (χ3v) is 6.15. The number of rotatable bonds is 3. The average Bonchev–Trinajstić information content (AvgIpc) is 3.43. The Morgan fingerprint density at radius 3 is 2.68 bits per heavy atom. The first-order chi connectivity index (χ1) is 15.3. The topological polar surface area (TPSA) is 82.3 Å². The van der Waals surface area contributed by atoms with Gasteiger partial charge in [-0.15, -0.1) is 0 Å². The molecule has 0 atom stereocenters. The Morgan fingerprint density at radius 1 is 0.935 bits per heavy atom. The van der Waals surface area contributed by atoms with Crippen LogP contribution in [0.1, 0.15) is 24.3 Å². The minimum Gasteiger partial charge on any atom is -0.336 e. The minimum atomic E-state index is -0.316. The lowest BCUT2D eigenvalue weighted by Crippen LogP contribution is -2.26. The Balaban J connectivity index is 1.48. The predicted molar refractivity (Wildman–Crippen MR) is 119 cm³/mol. The van der Waals surface area contributed by atoms with Gasteiger partial charge in [-0.25, -0.2) is 9.37 Å². The molecule has 6 rings (SSSR count).